The topological polar surface area (TPSA) is 110 Å². The number of carbonyl (C=O) groups excluding carboxylic acids is 1. The van der Waals surface area contributed by atoms with Gasteiger partial charge in [-0.25, -0.2) is 0 Å². The van der Waals surface area contributed by atoms with Gasteiger partial charge < -0.3 is 11.5 Å². The van der Waals surface area contributed by atoms with Crippen molar-refractivity contribution in [2.45, 2.75) is 39.5 Å². The zero-order valence-corrected chi connectivity index (χ0v) is 17.6. The van der Waals surface area contributed by atoms with Crippen LogP contribution in [0.4, 0.5) is 0 Å². The average Bonchev–Trinajstić information content (AvgIpc) is 3.48. The van der Waals surface area contributed by atoms with Crippen molar-refractivity contribution in [3.05, 3.63) is 70.5 Å². The van der Waals surface area contributed by atoms with Crippen LogP contribution in [0.15, 0.2) is 53.3 Å². The molecule has 2 aromatic carbocycles. The molecule has 0 saturated heterocycles. The van der Waals surface area contributed by atoms with Crippen molar-refractivity contribution in [2.24, 2.45) is 22.4 Å². The molecule has 154 valence electrons. The number of amides is 1. The van der Waals surface area contributed by atoms with E-state index in [1.165, 1.54) is 18.4 Å². The lowest BCUT2D eigenvalue weighted by molar-refractivity contribution is -0.120. The second-order valence-electron chi connectivity index (χ2n) is 8.11. The van der Waals surface area contributed by atoms with Gasteiger partial charge in [-0.1, -0.05) is 30.3 Å². The molecule has 0 radical (unpaired) electrons. The number of hydrogen-bond donors (Lipinski definition) is 3. The number of aliphatic imine (C=N–C) groups is 1. The van der Waals surface area contributed by atoms with Gasteiger partial charge in [0.1, 0.15) is 0 Å². The molecule has 3 aromatic rings. The first-order chi connectivity index (χ1) is 14.4. The lowest BCUT2D eigenvalue weighted by Crippen LogP contribution is -2.26. The van der Waals surface area contributed by atoms with E-state index in [0.717, 1.165) is 33.3 Å². The van der Waals surface area contributed by atoms with E-state index in [4.69, 9.17) is 16.5 Å². The molecule has 1 amide bonds. The van der Waals surface area contributed by atoms with E-state index in [0.29, 0.717) is 17.3 Å². The molecule has 1 unspecified atom stereocenters. The highest BCUT2D eigenvalue weighted by molar-refractivity contribution is 6.04. The van der Waals surface area contributed by atoms with Crippen LogP contribution in [-0.2, 0) is 4.79 Å². The summed E-state index contributed by atoms with van der Waals surface area (Å²) in [6.07, 6.45) is 4.30. The van der Waals surface area contributed by atoms with Gasteiger partial charge in [-0.2, -0.15) is 5.10 Å². The molecule has 1 saturated carbocycles. The number of aromatic amines is 1. The Balaban J connectivity index is 1.86. The number of primary amides is 1. The second kappa shape index (κ2) is 7.78. The number of rotatable bonds is 6. The highest BCUT2D eigenvalue weighted by Crippen LogP contribution is 2.40. The molecule has 0 bridgehead atoms. The minimum atomic E-state index is -0.643. The van der Waals surface area contributed by atoms with Gasteiger partial charge in [-0.05, 0) is 62.3 Å². The zero-order valence-electron chi connectivity index (χ0n) is 17.6. The van der Waals surface area contributed by atoms with E-state index in [1.807, 2.05) is 26.0 Å². The van der Waals surface area contributed by atoms with Crippen LogP contribution in [0.2, 0.25) is 0 Å². The first kappa shape index (κ1) is 19.9. The summed E-state index contributed by atoms with van der Waals surface area (Å²) in [5.74, 6) is -0.417. The van der Waals surface area contributed by atoms with Crippen LogP contribution in [0.1, 0.15) is 54.9 Å². The smallest absolute Gasteiger partial charge is 0.226 e. The number of nitrogens with zero attached hydrogens (tertiary/aromatic N) is 2. The van der Waals surface area contributed by atoms with Gasteiger partial charge >= 0.3 is 0 Å². The standard InChI is InChI=1S/C24H27N5O/c1-13-4-11-20-19(12-27-29-20)21(13)23(22(25)14(2)24(26)30)28-15(3)16-5-7-17(8-6-16)18-9-10-18/h4-8,11-12,14,18H,9-10,25H2,1-3H3,(H2,26,30)(H,27,29)/b23-22+,28-15?. The normalized spacial score (nSPS) is 16.4. The van der Waals surface area contributed by atoms with Crippen molar-refractivity contribution < 1.29 is 4.79 Å². The number of fused-ring (bicyclic) bond motifs is 1. The fourth-order valence-electron chi connectivity index (χ4n) is 3.71. The van der Waals surface area contributed by atoms with Gasteiger partial charge in [0.15, 0.2) is 0 Å². The average molecular weight is 402 g/mol. The van der Waals surface area contributed by atoms with Crippen molar-refractivity contribution in [2.75, 3.05) is 0 Å². The molecule has 1 aliphatic rings. The van der Waals surface area contributed by atoms with E-state index in [1.54, 1.807) is 13.1 Å². The summed E-state index contributed by atoms with van der Waals surface area (Å²) in [7, 11) is 0. The maximum atomic E-state index is 11.9. The van der Waals surface area contributed by atoms with Crippen LogP contribution in [0.3, 0.4) is 0 Å². The van der Waals surface area contributed by atoms with Gasteiger partial charge in [0, 0.05) is 22.4 Å². The number of benzene rings is 2. The summed E-state index contributed by atoms with van der Waals surface area (Å²) >= 11 is 0. The Bertz CT molecular complexity index is 1170. The van der Waals surface area contributed by atoms with E-state index in [-0.39, 0.29) is 0 Å². The Morgan fingerprint density at radius 2 is 1.87 bits per heavy atom. The number of aryl methyl sites for hydroxylation is 1. The highest BCUT2D eigenvalue weighted by Gasteiger charge is 2.23. The van der Waals surface area contributed by atoms with Crippen LogP contribution in [0.5, 0.6) is 0 Å². The third kappa shape index (κ3) is 3.73. The van der Waals surface area contributed by atoms with Crippen molar-refractivity contribution in [3.8, 4) is 0 Å². The number of nitrogens with one attached hydrogen (secondary N) is 1. The number of hydrogen-bond acceptors (Lipinski definition) is 4. The van der Waals surface area contributed by atoms with Crippen LogP contribution in [-0.4, -0.2) is 21.8 Å². The predicted molar refractivity (Wildman–Crippen MR) is 121 cm³/mol. The maximum Gasteiger partial charge on any atom is 0.226 e. The van der Waals surface area contributed by atoms with Crippen molar-refractivity contribution in [3.63, 3.8) is 0 Å². The first-order valence-corrected chi connectivity index (χ1v) is 10.2. The SMILES string of the molecule is CC(=N/C(=C(/N)C(C)C(N)=O)c1c(C)ccc2[nH]ncc12)c1ccc(C2CC2)cc1. The molecule has 1 aromatic heterocycles. The van der Waals surface area contributed by atoms with Crippen LogP contribution >= 0.6 is 0 Å². The highest BCUT2D eigenvalue weighted by atomic mass is 16.1. The monoisotopic (exact) mass is 401 g/mol. The molecule has 30 heavy (non-hydrogen) atoms. The minimum Gasteiger partial charge on any atom is -0.400 e. The molecule has 0 spiro atoms. The minimum absolute atomic E-state index is 0.355. The molecule has 1 fully saturated rings. The lowest BCUT2D eigenvalue weighted by Gasteiger charge is -2.16. The van der Waals surface area contributed by atoms with E-state index < -0.39 is 11.8 Å². The van der Waals surface area contributed by atoms with Gasteiger partial charge in [-0.3, -0.25) is 14.9 Å². The van der Waals surface area contributed by atoms with E-state index >= 15 is 0 Å². The Morgan fingerprint density at radius 3 is 2.50 bits per heavy atom. The molecule has 0 aliphatic heterocycles. The molecule has 6 heteroatoms. The Morgan fingerprint density at radius 1 is 1.17 bits per heavy atom. The van der Waals surface area contributed by atoms with E-state index in [9.17, 15) is 4.79 Å². The molecular weight excluding hydrogens is 374 g/mol. The van der Waals surface area contributed by atoms with E-state index in [2.05, 4.69) is 34.5 Å². The summed E-state index contributed by atoms with van der Waals surface area (Å²) in [5, 5.41) is 8.06. The largest absolute Gasteiger partial charge is 0.400 e. The molecule has 1 atom stereocenters. The van der Waals surface area contributed by atoms with Crippen molar-refractivity contribution in [1.82, 2.24) is 10.2 Å². The van der Waals surface area contributed by atoms with Crippen LogP contribution in [0.25, 0.3) is 16.6 Å². The molecular formula is C24H27N5O. The van der Waals surface area contributed by atoms with Crippen molar-refractivity contribution >= 4 is 28.2 Å². The van der Waals surface area contributed by atoms with Crippen molar-refractivity contribution in [1.29, 1.82) is 0 Å². The van der Waals surface area contributed by atoms with Crippen LogP contribution in [0, 0.1) is 12.8 Å². The summed E-state index contributed by atoms with van der Waals surface area (Å²) in [6, 6.07) is 12.5. The summed E-state index contributed by atoms with van der Waals surface area (Å²) in [6.45, 7) is 5.66. The molecule has 5 N–H and O–H groups in total. The Hall–Kier alpha value is -3.41. The predicted octanol–water partition coefficient (Wildman–Crippen LogP) is 4.01. The number of nitrogens with two attached hydrogens (primary N) is 2. The first-order valence-electron chi connectivity index (χ1n) is 10.2. The molecule has 1 aliphatic carbocycles. The summed E-state index contributed by atoms with van der Waals surface area (Å²) in [5.41, 5.74) is 18.9. The van der Waals surface area contributed by atoms with Gasteiger partial charge in [-0.15, -0.1) is 0 Å². The third-order valence-corrected chi connectivity index (χ3v) is 5.89. The summed E-state index contributed by atoms with van der Waals surface area (Å²) < 4.78 is 0. The van der Waals surface area contributed by atoms with Crippen LogP contribution < -0.4 is 11.5 Å². The third-order valence-electron chi connectivity index (χ3n) is 5.89. The lowest BCUT2D eigenvalue weighted by atomic mass is 9.96. The second-order valence-corrected chi connectivity index (χ2v) is 8.11. The number of H-pyrrole nitrogens is 1. The number of carbonyl (C=O) groups is 1. The van der Waals surface area contributed by atoms with Gasteiger partial charge in [0.2, 0.25) is 5.91 Å². The Kier molecular flexibility index (Phi) is 5.16. The Labute approximate surface area is 176 Å². The molecule has 1 heterocycles. The number of aromatic nitrogens is 2. The molecule has 6 nitrogen and oxygen atoms in total. The summed E-state index contributed by atoms with van der Waals surface area (Å²) in [4.78, 5) is 16.8. The van der Waals surface area contributed by atoms with Gasteiger partial charge in [0.25, 0.3) is 0 Å². The quantitative estimate of drug-likeness (QED) is 0.543. The fourth-order valence-corrected chi connectivity index (χ4v) is 3.71. The molecule has 4 rings (SSSR count). The fraction of sp³-hybridized carbons (Fsp3) is 0.292. The maximum absolute atomic E-state index is 11.9. The van der Waals surface area contributed by atoms with Gasteiger partial charge in [0.05, 0.1) is 23.3 Å². The zero-order chi connectivity index (χ0) is 21.4.